The highest BCUT2D eigenvalue weighted by molar-refractivity contribution is 7.10. The Balaban J connectivity index is 1.97. The van der Waals surface area contributed by atoms with Crippen molar-refractivity contribution in [2.45, 2.75) is 65.0 Å². The van der Waals surface area contributed by atoms with Gasteiger partial charge in [0.05, 0.1) is 16.9 Å². The molecule has 0 aliphatic heterocycles. The first-order valence-corrected chi connectivity index (χ1v) is 8.72. The van der Waals surface area contributed by atoms with Crippen molar-refractivity contribution in [3.8, 4) is 11.3 Å². The van der Waals surface area contributed by atoms with E-state index in [1.54, 1.807) is 11.3 Å². The predicted octanol–water partition coefficient (Wildman–Crippen LogP) is 3.76. The van der Waals surface area contributed by atoms with E-state index in [4.69, 9.17) is 10.7 Å². The molecular weight excluding hydrogens is 280 g/mol. The third-order valence-corrected chi connectivity index (χ3v) is 5.68. The second kappa shape index (κ2) is 5.54. The van der Waals surface area contributed by atoms with Gasteiger partial charge >= 0.3 is 0 Å². The van der Waals surface area contributed by atoms with Gasteiger partial charge in [0.15, 0.2) is 0 Å². The maximum Gasteiger partial charge on any atom is 0.113 e. The molecule has 2 N–H and O–H groups in total. The maximum atomic E-state index is 6.61. The van der Waals surface area contributed by atoms with Gasteiger partial charge in [-0.3, -0.25) is 4.68 Å². The Bertz CT molecular complexity index is 635. The summed E-state index contributed by atoms with van der Waals surface area (Å²) >= 11 is 1.71. The first-order valence-electron chi connectivity index (χ1n) is 7.84. The fourth-order valence-electron chi connectivity index (χ4n) is 3.39. The lowest BCUT2D eigenvalue weighted by Gasteiger charge is -2.31. The third kappa shape index (κ3) is 2.53. The van der Waals surface area contributed by atoms with E-state index in [-0.39, 0.29) is 5.54 Å². The van der Waals surface area contributed by atoms with Crippen molar-refractivity contribution < 1.29 is 0 Å². The molecule has 1 saturated carbocycles. The fourth-order valence-corrected chi connectivity index (χ4v) is 4.37. The molecule has 0 atom stereocenters. The summed E-state index contributed by atoms with van der Waals surface area (Å²) in [6, 6.07) is 0. The highest BCUT2D eigenvalue weighted by atomic mass is 32.1. The van der Waals surface area contributed by atoms with Crippen molar-refractivity contribution in [1.29, 1.82) is 0 Å². The van der Waals surface area contributed by atoms with Gasteiger partial charge in [0.25, 0.3) is 0 Å². The minimum Gasteiger partial charge on any atom is -0.319 e. The highest BCUT2D eigenvalue weighted by Crippen LogP contribution is 2.38. The van der Waals surface area contributed by atoms with E-state index in [0.717, 1.165) is 35.8 Å². The molecule has 0 unspecified atom stereocenters. The molecule has 1 aliphatic rings. The molecule has 0 amide bonds. The van der Waals surface area contributed by atoms with Gasteiger partial charge in [-0.1, -0.05) is 19.3 Å². The van der Waals surface area contributed by atoms with Crippen LogP contribution >= 0.6 is 11.3 Å². The van der Waals surface area contributed by atoms with E-state index >= 15 is 0 Å². The summed E-state index contributed by atoms with van der Waals surface area (Å²) in [5, 5.41) is 7.84. The number of aryl methyl sites for hydroxylation is 2. The smallest absolute Gasteiger partial charge is 0.113 e. The van der Waals surface area contributed by atoms with Crippen LogP contribution in [0.2, 0.25) is 0 Å². The summed E-state index contributed by atoms with van der Waals surface area (Å²) in [4.78, 5) is 4.89. The molecule has 0 saturated heterocycles. The van der Waals surface area contributed by atoms with Gasteiger partial charge < -0.3 is 5.73 Å². The van der Waals surface area contributed by atoms with Gasteiger partial charge in [-0.05, 0) is 33.6 Å². The Morgan fingerprint density at radius 2 is 2.00 bits per heavy atom. The zero-order chi connectivity index (χ0) is 15.0. The van der Waals surface area contributed by atoms with Crippen LogP contribution < -0.4 is 5.73 Å². The maximum absolute atomic E-state index is 6.61. The summed E-state index contributed by atoms with van der Waals surface area (Å²) in [7, 11) is 0. The summed E-state index contributed by atoms with van der Waals surface area (Å²) in [6.45, 7) is 7.19. The van der Waals surface area contributed by atoms with E-state index in [1.165, 1.54) is 30.5 Å². The zero-order valence-corrected chi connectivity index (χ0v) is 14.0. The van der Waals surface area contributed by atoms with Crippen molar-refractivity contribution in [2.75, 3.05) is 0 Å². The Labute approximate surface area is 130 Å². The van der Waals surface area contributed by atoms with Gasteiger partial charge in [0.2, 0.25) is 0 Å². The zero-order valence-electron chi connectivity index (χ0n) is 13.1. The first kappa shape index (κ1) is 14.7. The quantitative estimate of drug-likeness (QED) is 0.939. The van der Waals surface area contributed by atoms with Gasteiger partial charge in [0.1, 0.15) is 5.01 Å². The van der Waals surface area contributed by atoms with Gasteiger partial charge in [-0.25, -0.2) is 4.98 Å². The Hall–Kier alpha value is -1.20. The average molecular weight is 304 g/mol. The molecule has 114 valence electrons. The van der Waals surface area contributed by atoms with Crippen LogP contribution in [0, 0.1) is 13.8 Å². The Kier molecular flexibility index (Phi) is 3.88. The SMILES string of the molecule is CCn1nc(C)c(-c2csc(C3(N)CCCCC3)n2)c1C. The fraction of sp³-hybridized carbons (Fsp3) is 0.625. The summed E-state index contributed by atoms with van der Waals surface area (Å²) in [6.07, 6.45) is 5.87. The number of aromatic nitrogens is 3. The van der Waals surface area contributed by atoms with Crippen LogP contribution in [0.3, 0.4) is 0 Å². The summed E-state index contributed by atoms with van der Waals surface area (Å²) in [5.74, 6) is 0. The number of rotatable bonds is 3. The van der Waals surface area contributed by atoms with Crippen LogP contribution in [-0.2, 0) is 12.1 Å². The molecule has 3 rings (SSSR count). The topological polar surface area (TPSA) is 56.7 Å². The minimum atomic E-state index is -0.205. The molecule has 2 heterocycles. The van der Waals surface area contributed by atoms with Crippen molar-refractivity contribution >= 4 is 11.3 Å². The lowest BCUT2D eigenvalue weighted by atomic mass is 9.83. The molecule has 0 radical (unpaired) electrons. The highest BCUT2D eigenvalue weighted by Gasteiger charge is 2.32. The number of thiazole rings is 1. The van der Waals surface area contributed by atoms with Crippen LogP contribution in [-0.4, -0.2) is 14.8 Å². The van der Waals surface area contributed by atoms with E-state index in [1.807, 2.05) is 4.68 Å². The van der Waals surface area contributed by atoms with Crippen LogP contribution in [0.25, 0.3) is 11.3 Å². The van der Waals surface area contributed by atoms with Crippen molar-refractivity contribution in [1.82, 2.24) is 14.8 Å². The van der Waals surface area contributed by atoms with E-state index < -0.39 is 0 Å². The van der Waals surface area contributed by atoms with E-state index in [9.17, 15) is 0 Å². The molecule has 1 aliphatic carbocycles. The number of hydrogen-bond donors (Lipinski definition) is 1. The number of nitrogens with zero attached hydrogens (tertiary/aromatic N) is 3. The van der Waals surface area contributed by atoms with Crippen LogP contribution in [0.4, 0.5) is 0 Å². The normalized spacial score (nSPS) is 18.1. The second-order valence-corrected chi connectivity index (χ2v) is 6.97. The molecule has 21 heavy (non-hydrogen) atoms. The largest absolute Gasteiger partial charge is 0.319 e. The van der Waals surface area contributed by atoms with Gasteiger partial charge in [-0.2, -0.15) is 5.10 Å². The number of nitrogens with two attached hydrogens (primary N) is 1. The van der Waals surface area contributed by atoms with Crippen molar-refractivity contribution in [2.24, 2.45) is 5.73 Å². The average Bonchev–Trinajstić information content (AvgIpc) is 3.05. The third-order valence-electron chi connectivity index (χ3n) is 4.61. The lowest BCUT2D eigenvalue weighted by Crippen LogP contribution is -2.38. The Morgan fingerprint density at radius 3 is 2.62 bits per heavy atom. The molecule has 1 fully saturated rings. The van der Waals surface area contributed by atoms with Gasteiger partial charge in [0, 0.05) is 23.2 Å². The standard InChI is InChI=1S/C16H24N4S/c1-4-20-12(3)14(11(2)19-20)13-10-21-15(18-13)16(17)8-6-5-7-9-16/h10H,4-9,17H2,1-3H3. The van der Waals surface area contributed by atoms with Crippen molar-refractivity contribution in [3.63, 3.8) is 0 Å². The number of hydrogen-bond acceptors (Lipinski definition) is 4. The van der Waals surface area contributed by atoms with E-state index in [0.29, 0.717) is 0 Å². The molecular formula is C16H24N4S. The molecule has 4 nitrogen and oxygen atoms in total. The molecule has 2 aromatic heterocycles. The predicted molar refractivity (Wildman–Crippen MR) is 87.4 cm³/mol. The molecule has 2 aromatic rings. The van der Waals surface area contributed by atoms with Gasteiger partial charge in [-0.15, -0.1) is 11.3 Å². The minimum absolute atomic E-state index is 0.205. The second-order valence-electron chi connectivity index (χ2n) is 6.12. The molecule has 0 bridgehead atoms. The Morgan fingerprint density at radius 1 is 1.29 bits per heavy atom. The van der Waals surface area contributed by atoms with Crippen molar-refractivity contribution in [3.05, 3.63) is 21.8 Å². The molecule has 0 spiro atoms. The summed E-state index contributed by atoms with van der Waals surface area (Å²) in [5.41, 5.74) is 10.9. The monoisotopic (exact) mass is 304 g/mol. The van der Waals surface area contributed by atoms with Crippen LogP contribution in [0.5, 0.6) is 0 Å². The molecule has 0 aromatic carbocycles. The van der Waals surface area contributed by atoms with Crippen LogP contribution in [0.1, 0.15) is 55.4 Å². The van der Waals surface area contributed by atoms with Crippen LogP contribution in [0.15, 0.2) is 5.38 Å². The van der Waals surface area contributed by atoms with E-state index in [2.05, 4.69) is 31.2 Å². The summed E-state index contributed by atoms with van der Waals surface area (Å²) < 4.78 is 2.04. The molecule has 5 heteroatoms. The lowest BCUT2D eigenvalue weighted by molar-refractivity contribution is 0.301. The first-order chi connectivity index (χ1) is 10.0.